The molecule has 0 aromatic carbocycles. The normalized spacial score (nSPS) is 40.2. The van der Waals surface area contributed by atoms with Gasteiger partial charge in [-0.25, -0.2) is 5.23 Å². The van der Waals surface area contributed by atoms with Gasteiger partial charge in [0.25, 0.3) is 0 Å². The fourth-order valence-electron chi connectivity index (χ4n) is 2.03. The summed E-state index contributed by atoms with van der Waals surface area (Å²) in [4.78, 5) is 16.2. The lowest BCUT2D eigenvalue weighted by Gasteiger charge is -2.27. The van der Waals surface area contributed by atoms with Gasteiger partial charge < -0.3 is 9.94 Å². The second kappa shape index (κ2) is 3.25. The first-order valence-electron chi connectivity index (χ1n) is 4.54. The van der Waals surface area contributed by atoms with E-state index < -0.39 is 0 Å². The molecule has 74 valence electrons. The molecular weight excluding hydrogens is 174 g/mol. The number of rotatable bonds is 2. The van der Waals surface area contributed by atoms with Gasteiger partial charge in [0, 0.05) is 6.42 Å². The lowest BCUT2D eigenvalue weighted by atomic mass is 9.88. The van der Waals surface area contributed by atoms with Crippen molar-refractivity contribution in [3.63, 3.8) is 0 Å². The number of fused-ring (bicyclic) bond motifs is 2. The number of carbonyl (C=O) groups excluding carboxylic acids is 1. The van der Waals surface area contributed by atoms with Crippen LogP contribution in [0.3, 0.4) is 0 Å². The Kier molecular flexibility index (Phi) is 2.23. The molecule has 1 saturated carbocycles. The monoisotopic (exact) mass is 187 g/mol. The van der Waals surface area contributed by atoms with E-state index in [1.807, 2.05) is 0 Å². The molecule has 13 heavy (non-hydrogen) atoms. The topological polar surface area (TPSA) is 63.0 Å². The van der Waals surface area contributed by atoms with Gasteiger partial charge in [-0.05, 0) is 12.8 Å². The van der Waals surface area contributed by atoms with Crippen LogP contribution in [0.15, 0.2) is 0 Å². The van der Waals surface area contributed by atoms with Crippen molar-refractivity contribution in [2.24, 2.45) is 5.92 Å². The summed E-state index contributed by atoms with van der Waals surface area (Å²) in [5, 5.41) is 10.4. The number of hydroxylamine groups is 2. The quantitative estimate of drug-likeness (QED) is 0.446. The highest BCUT2D eigenvalue weighted by molar-refractivity contribution is 5.75. The standard InChI is InChI=1S/C8H13NO4/c1-9(11)13-6-3-2-5-4-7(6)12-8(5)10/h5-7,9H,2-4H2,1H3. The molecule has 1 saturated heterocycles. The zero-order chi connectivity index (χ0) is 9.42. The number of hydrogen-bond donors (Lipinski definition) is 1. The third-order valence-electron chi connectivity index (χ3n) is 2.65. The van der Waals surface area contributed by atoms with E-state index in [0.717, 1.165) is 19.3 Å². The first-order valence-corrected chi connectivity index (χ1v) is 4.54. The number of quaternary nitrogens is 1. The van der Waals surface area contributed by atoms with Gasteiger partial charge in [-0.15, -0.1) is 0 Å². The molecule has 2 bridgehead atoms. The van der Waals surface area contributed by atoms with Crippen LogP contribution < -0.4 is 5.23 Å². The molecule has 1 heterocycles. The summed E-state index contributed by atoms with van der Waals surface area (Å²) in [6.45, 7) is 0. The van der Waals surface area contributed by atoms with E-state index in [1.165, 1.54) is 7.05 Å². The van der Waals surface area contributed by atoms with Gasteiger partial charge in [-0.2, -0.15) is 4.84 Å². The summed E-state index contributed by atoms with van der Waals surface area (Å²) in [7, 11) is 1.38. The number of nitrogens with one attached hydrogen (secondary N) is 1. The number of esters is 1. The largest absolute Gasteiger partial charge is 0.600 e. The van der Waals surface area contributed by atoms with Crippen LogP contribution in [0.2, 0.25) is 0 Å². The fraction of sp³-hybridized carbons (Fsp3) is 0.875. The van der Waals surface area contributed by atoms with E-state index in [2.05, 4.69) is 0 Å². The number of hydrogen-bond acceptors (Lipinski definition) is 4. The van der Waals surface area contributed by atoms with Gasteiger partial charge >= 0.3 is 5.97 Å². The third kappa shape index (κ3) is 1.67. The number of carbonyl (C=O) groups is 1. The van der Waals surface area contributed by atoms with Crippen molar-refractivity contribution in [2.75, 3.05) is 7.05 Å². The van der Waals surface area contributed by atoms with Crippen LogP contribution in [-0.4, -0.2) is 25.2 Å². The first kappa shape index (κ1) is 8.93. The molecule has 1 N–H and O–H groups in total. The minimum absolute atomic E-state index is 0.0526. The van der Waals surface area contributed by atoms with Gasteiger partial charge in [0.05, 0.1) is 13.0 Å². The Balaban J connectivity index is 1.97. The van der Waals surface area contributed by atoms with Crippen molar-refractivity contribution in [3.8, 4) is 0 Å². The molecule has 1 aliphatic heterocycles. The van der Waals surface area contributed by atoms with Crippen molar-refractivity contribution in [1.82, 2.24) is 0 Å². The van der Waals surface area contributed by atoms with Crippen LogP contribution in [-0.2, 0) is 14.4 Å². The minimum atomic E-state index is -0.300. The highest BCUT2D eigenvalue weighted by atomic mass is 16.9. The van der Waals surface area contributed by atoms with Gasteiger partial charge in [0.15, 0.2) is 6.10 Å². The Labute approximate surface area is 76.1 Å². The molecule has 2 aliphatic rings. The van der Waals surface area contributed by atoms with E-state index in [4.69, 9.17) is 9.57 Å². The Morgan fingerprint density at radius 2 is 2.38 bits per heavy atom. The summed E-state index contributed by atoms with van der Waals surface area (Å²) in [6.07, 6.45) is 1.86. The zero-order valence-electron chi connectivity index (χ0n) is 7.49. The second-order valence-corrected chi connectivity index (χ2v) is 3.63. The Morgan fingerprint density at radius 3 is 3.08 bits per heavy atom. The molecule has 4 atom stereocenters. The molecule has 0 amide bonds. The maximum absolute atomic E-state index is 11.1. The first-order chi connectivity index (χ1) is 6.16. The van der Waals surface area contributed by atoms with Gasteiger partial charge in [0.2, 0.25) is 0 Å². The zero-order valence-corrected chi connectivity index (χ0v) is 7.49. The summed E-state index contributed by atoms with van der Waals surface area (Å²) in [5.74, 6) is -0.0727. The lowest BCUT2D eigenvalue weighted by Crippen LogP contribution is -3.03. The van der Waals surface area contributed by atoms with Crippen LogP contribution in [0.5, 0.6) is 0 Å². The fourth-order valence-corrected chi connectivity index (χ4v) is 2.03. The van der Waals surface area contributed by atoms with E-state index in [-0.39, 0.29) is 29.3 Å². The van der Waals surface area contributed by atoms with E-state index in [0.29, 0.717) is 0 Å². The molecule has 1 aliphatic carbocycles. The molecule has 5 heteroatoms. The molecule has 2 fully saturated rings. The van der Waals surface area contributed by atoms with E-state index >= 15 is 0 Å². The Morgan fingerprint density at radius 1 is 1.62 bits per heavy atom. The van der Waals surface area contributed by atoms with Crippen LogP contribution in [0.4, 0.5) is 0 Å². The average Bonchev–Trinajstić information content (AvgIpc) is 2.34. The molecule has 0 spiro atoms. The second-order valence-electron chi connectivity index (χ2n) is 3.63. The van der Waals surface area contributed by atoms with Crippen molar-refractivity contribution in [2.45, 2.75) is 31.5 Å². The van der Waals surface area contributed by atoms with Crippen molar-refractivity contribution in [1.29, 1.82) is 0 Å². The Hall–Kier alpha value is -0.650. The van der Waals surface area contributed by atoms with E-state index in [9.17, 15) is 10.0 Å². The Bertz CT molecular complexity index is 218. The summed E-state index contributed by atoms with van der Waals surface area (Å²) >= 11 is 0. The minimum Gasteiger partial charge on any atom is -0.600 e. The molecule has 2 rings (SSSR count). The highest BCUT2D eigenvalue weighted by Gasteiger charge is 2.45. The SMILES string of the molecule is C[NH+]([O-])OC1CCC2CC1OC2=O. The van der Waals surface area contributed by atoms with Crippen LogP contribution >= 0.6 is 0 Å². The summed E-state index contributed by atoms with van der Waals surface area (Å²) < 4.78 is 5.08. The van der Waals surface area contributed by atoms with Crippen LogP contribution in [0.25, 0.3) is 0 Å². The van der Waals surface area contributed by atoms with Crippen LogP contribution in [0.1, 0.15) is 19.3 Å². The molecular formula is C8H13NO4. The summed E-state index contributed by atoms with van der Waals surface area (Å²) in [5.41, 5.74) is 0. The van der Waals surface area contributed by atoms with Crippen LogP contribution in [0, 0.1) is 11.1 Å². The maximum atomic E-state index is 11.1. The highest BCUT2D eigenvalue weighted by Crippen LogP contribution is 2.35. The van der Waals surface area contributed by atoms with Crippen molar-refractivity contribution in [3.05, 3.63) is 5.21 Å². The predicted molar refractivity (Wildman–Crippen MR) is 42.3 cm³/mol. The average molecular weight is 187 g/mol. The third-order valence-corrected chi connectivity index (χ3v) is 2.65. The molecule has 0 radical (unpaired) electrons. The summed E-state index contributed by atoms with van der Waals surface area (Å²) in [6, 6.07) is 0. The maximum Gasteiger partial charge on any atom is 0.309 e. The lowest BCUT2D eigenvalue weighted by molar-refractivity contribution is -1.04. The molecule has 4 unspecified atom stereocenters. The van der Waals surface area contributed by atoms with Gasteiger partial charge in [0.1, 0.15) is 6.10 Å². The van der Waals surface area contributed by atoms with E-state index in [1.54, 1.807) is 0 Å². The predicted octanol–water partition coefficient (Wildman–Crippen LogP) is -0.975. The smallest absolute Gasteiger partial charge is 0.309 e. The molecule has 0 aromatic heterocycles. The van der Waals surface area contributed by atoms with Crippen molar-refractivity contribution >= 4 is 5.97 Å². The van der Waals surface area contributed by atoms with Gasteiger partial charge in [-0.1, -0.05) is 0 Å². The number of ether oxygens (including phenoxy) is 1. The van der Waals surface area contributed by atoms with Crippen molar-refractivity contribution < 1.29 is 19.6 Å². The molecule has 5 nitrogen and oxygen atoms in total. The van der Waals surface area contributed by atoms with Gasteiger partial charge in [-0.3, -0.25) is 4.79 Å². The molecule has 0 aromatic rings.